The van der Waals surface area contributed by atoms with Gasteiger partial charge < -0.3 is 14.0 Å². The lowest BCUT2D eigenvalue weighted by molar-refractivity contribution is 0.0947. The van der Waals surface area contributed by atoms with Crippen molar-refractivity contribution in [3.05, 3.63) is 58.7 Å². The van der Waals surface area contributed by atoms with E-state index in [9.17, 15) is 4.79 Å². The summed E-state index contributed by atoms with van der Waals surface area (Å²) in [5.74, 6) is 1.01. The van der Waals surface area contributed by atoms with Crippen LogP contribution in [0, 0.1) is 0 Å². The number of methoxy groups -OCH3 is 2. The Bertz CT molecular complexity index is 1040. The van der Waals surface area contributed by atoms with Crippen LogP contribution in [0.3, 0.4) is 0 Å². The lowest BCUT2D eigenvalue weighted by atomic mass is 10.1. The molecule has 27 heavy (non-hydrogen) atoms. The van der Waals surface area contributed by atoms with Crippen LogP contribution in [0.2, 0.25) is 5.02 Å². The van der Waals surface area contributed by atoms with Gasteiger partial charge in [-0.2, -0.15) is 5.10 Å². The minimum Gasteiger partial charge on any atom is -0.497 e. The highest BCUT2D eigenvalue weighted by molar-refractivity contribution is 6.31. The van der Waals surface area contributed by atoms with Gasteiger partial charge in [0.05, 0.1) is 19.9 Å². The molecule has 0 saturated carbocycles. The number of rotatable bonds is 5. The maximum absolute atomic E-state index is 12.6. The largest absolute Gasteiger partial charge is 0.497 e. The first-order valence-corrected chi connectivity index (χ1v) is 8.64. The molecule has 0 saturated heterocycles. The van der Waals surface area contributed by atoms with E-state index in [1.807, 2.05) is 25.2 Å². The Labute approximate surface area is 162 Å². The average Bonchev–Trinajstić information content (AvgIpc) is 3.01. The van der Waals surface area contributed by atoms with Crippen LogP contribution >= 0.6 is 11.6 Å². The fourth-order valence-electron chi connectivity index (χ4n) is 2.89. The van der Waals surface area contributed by atoms with Gasteiger partial charge in [-0.15, -0.1) is 0 Å². The Morgan fingerprint density at radius 3 is 2.59 bits per heavy atom. The molecule has 0 unspecified atom stereocenters. The number of hydrogen-bond acceptors (Lipinski definition) is 4. The summed E-state index contributed by atoms with van der Waals surface area (Å²) < 4.78 is 12.4. The van der Waals surface area contributed by atoms with E-state index in [-0.39, 0.29) is 5.91 Å². The number of fused-ring (bicyclic) bond motifs is 1. The van der Waals surface area contributed by atoms with Crippen LogP contribution < -0.4 is 14.9 Å². The number of nitrogens with one attached hydrogen (secondary N) is 1. The topological polar surface area (TPSA) is 64.8 Å². The van der Waals surface area contributed by atoms with E-state index >= 15 is 0 Å². The second-order valence-corrected chi connectivity index (χ2v) is 6.43. The summed E-state index contributed by atoms with van der Waals surface area (Å²) in [5, 5.41) is 5.74. The van der Waals surface area contributed by atoms with Gasteiger partial charge in [0.2, 0.25) is 0 Å². The number of benzene rings is 2. The predicted octanol–water partition coefficient (Wildman–Crippen LogP) is 4.00. The number of hydrogen-bond donors (Lipinski definition) is 1. The Hall–Kier alpha value is -2.99. The molecule has 140 valence electrons. The van der Waals surface area contributed by atoms with Crippen molar-refractivity contribution in [2.45, 2.75) is 6.92 Å². The molecule has 0 spiro atoms. The molecule has 0 bridgehead atoms. The van der Waals surface area contributed by atoms with E-state index in [0.29, 0.717) is 27.9 Å². The number of hydrazone groups is 1. The van der Waals surface area contributed by atoms with Gasteiger partial charge in [0.1, 0.15) is 17.2 Å². The molecule has 0 aliphatic carbocycles. The predicted molar refractivity (Wildman–Crippen MR) is 107 cm³/mol. The highest BCUT2D eigenvalue weighted by Crippen LogP contribution is 2.25. The lowest BCUT2D eigenvalue weighted by Gasteiger charge is -2.10. The van der Waals surface area contributed by atoms with Crippen LogP contribution in [0.5, 0.6) is 11.5 Å². The third-order valence-electron chi connectivity index (χ3n) is 4.36. The zero-order valence-electron chi connectivity index (χ0n) is 15.5. The van der Waals surface area contributed by atoms with Crippen LogP contribution in [-0.4, -0.2) is 30.4 Å². The number of carbonyl (C=O) groups is 1. The van der Waals surface area contributed by atoms with Crippen LogP contribution in [0.4, 0.5) is 0 Å². The van der Waals surface area contributed by atoms with E-state index in [2.05, 4.69) is 10.5 Å². The van der Waals surface area contributed by atoms with Gasteiger partial charge in [0.15, 0.2) is 0 Å². The Balaban J connectivity index is 1.87. The fourth-order valence-corrected chi connectivity index (χ4v) is 3.07. The maximum atomic E-state index is 12.6. The van der Waals surface area contributed by atoms with Crippen molar-refractivity contribution in [1.82, 2.24) is 9.99 Å². The molecule has 1 amide bonds. The standard InChI is InChI=1S/C20H20ClN3O3/c1-12(16-11-15(26-3)6-8-19(16)27-4)22-23-20(25)18-10-13-9-14(21)5-7-17(13)24(18)2/h5-11H,1-4H3,(H,23,25)/b22-12+. The maximum Gasteiger partial charge on any atom is 0.288 e. The monoisotopic (exact) mass is 385 g/mol. The summed E-state index contributed by atoms with van der Waals surface area (Å²) in [6.07, 6.45) is 0. The van der Waals surface area contributed by atoms with Crippen molar-refractivity contribution < 1.29 is 14.3 Å². The van der Waals surface area contributed by atoms with Crippen molar-refractivity contribution in [3.63, 3.8) is 0 Å². The first kappa shape index (κ1) is 18.8. The third-order valence-corrected chi connectivity index (χ3v) is 4.59. The van der Waals surface area contributed by atoms with E-state index in [4.69, 9.17) is 21.1 Å². The first-order valence-electron chi connectivity index (χ1n) is 8.26. The number of ether oxygens (including phenoxy) is 2. The van der Waals surface area contributed by atoms with Crippen LogP contribution in [0.15, 0.2) is 47.6 Å². The van der Waals surface area contributed by atoms with Crippen LogP contribution in [0.25, 0.3) is 10.9 Å². The molecule has 1 aromatic heterocycles. The van der Waals surface area contributed by atoms with Gasteiger partial charge in [-0.3, -0.25) is 4.79 Å². The number of aromatic nitrogens is 1. The highest BCUT2D eigenvalue weighted by atomic mass is 35.5. The van der Waals surface area contributed by atoms with Gasteiger partial charge in [-0.05, 0) is 49.4 Å². The van der Waals surface area contributed by atoms with Gasteiger partial charge in [0, 0.05) is 28.5 Å². The SMILES string of the molecule is COc1ccc(OC)c(/C(C)=N/NC(=O)c2cc3cc(Cl)ccc3n2C)c1. The number of aryl methyl sites for hydroxylation is 1. The molecule has 7 heteroatoms. The van der Waals surface area contributed by atoms with E-state index < -0.39 is 0 Å². The zero-order chi connectivity index (χ0) is 19.6. The molecular weight excluding hydrogens is 366 g/mol. The molecule has 0 atom stereocenters. The van der Waals surface area contributed by atoms with Crippen molar-refractivity contribution in [3.8, 4) is 11.5 Å². The van der Waals surface area contributed by atoms with Gasteiger partial charge in [-0.1, -0.05) is 11.6 Å². The molecule has 1 N–H and O–H groups in total. The summed E-state index contributed by atoms with van der Waals surface area (Å²) in [4.78, 5) is 12.6. The quantitative estimate of drug-likeness (QED) is 0.533. The van der Waals surface area contributed by atoms with Crippen LogP contribution in [0.1, 0.15) is 23.0 Å². The highest BCUT2D eigenvalue weighted by Gasteiger charge is 2.14. The van der Waals surface area contributed by atoms with E-state index in [1.165, 1.54) is 0 Å². The second kappa shape index (κ2) is 7.72. The number of carbonyl (C=O) groups excluding carboxylic acids is 1. The van der Waals surface area contributed by atoms with Gasteiger partial charge in [-0.25, -0.2) is 5.43 Å². The van der Waals surface area contributed by atoms with Gasteiger partial charge >= 0.3 is 0 Å². The zero-order valence-corrected chi connectivity index (χ0v) is 16.3. The molecule has 0 radical (unpaired) electrons. The van der Waals surface area contributed by atoms with Gasteiger partial charge in [0.25, 0.3) is 5.91 Å². The minimum atomic E-state index is -0.314. The molecule has 0 fully saturated rings. The molecule has 0 aliphatic heterocycles. The summed E-state index contributed by atoms with van der Waals surface area (Å²) in [5.41, 5.74) is 5.34. The summed E-state index contributed by atoms with van der Waals surface area (Å²) in [6, 6.07) is 12.7. The molecule has 0 aliphatic rings. The third kappa shape index (κ3) is 3.75. The lowest BCUT2D eigenvalue weighted by Crippen LogP contribution is -2.21. The second-order valence-electron chi connectivity index (χ2n) is 6.00. The minimum absolute atomic E-state index is 0.314. The smallest absolute Gasteiger partial charge is 0.288 e. The van der Waals surface area contributed by atoms with Crippen LogP contribution in [-0.2, 0) is 7.05 Å². The Morgan fingerprint density at radius 2 is 1.89 bits per heavy atom. The molecule has 2 aromatic carbocycles. The summed E-state index contributed by atoms with van der Waals surface area (Å²) >= 11 is 6.03. The Kier molecular flexibility index (Phi) is 5.37. The number of nitrogens with zero attached hydrogens (tertiary/aromatic N) is 2. The fraction of sp³-hybridized carbons (Fsp3) is 0.200. The molecule has 6 nitrogen and oxygen atoms in total. The first-order chi connectivity index (χ1) is 12.9. The Morgan fingerprint density at radius 1 is 1.11 bits per heavy atom. The molecule has 3 rings (SSSR count). The van der Waals surface area contributed by atoms with Crippen molar-refractivity contribution in [1.29, 1.82) is 0 Å². The number of halogens is 1. The normalized spacial score (nSPS) is 11.5. The van der Waals surface area contributed by atoms with E-state index in [0.717, 1.165) is 16.5 Å². The van der Waals surface area contributed by atoms with Crippen molar-refractivity contribution in [2.75, 3.05) is 14.2 Å². The average molecular weight is 386 g/mol. The molecular formula is C20H20ClN3O3. The van der Waals surface area contributed by atoms with Crippen molar-refractivity contribution in [2.24, 2.45) is 12.1 Å². The van der Waals surface area contributed by atoms with E-state index in [1.54, 1.807) is 50.0 Å². The summed E-state index contributed by atoms with van der Waals surface area (Å²) in [7, 11) is 5.00. The van der Waals surface area contributed by atoms with Crippen molar-refractivity contribution >= 4 is 34.1 Å². The molecule has 3 aromatic rings. The number of amides is 1. The molecule has 1 heterocycles. The summed E-state index contributed by atoms with van der Waals surface area (Å²) in [6.45, 7) is 1.79.